The lowest BCUT2D eigenvalue weighted by molar-refractivity contribution is -0.119. The minimum atomic E-state index is -0.641. The van der Waals surface area contributed by atoms with Crippen molar-refractivity contribution in [3.63, 3.8) is 0 Å². The number of anilines is 2. The van der Waals surface area contributed by atoms with Crippen LogP contribution in [0, 0.1) is 5.82 Å². The summed E-state index contributed by atoms with van der Waals surface area (Å²) in [5.74, 6) is -1.39. The number of aromatic nitrogens is 1. The van der Waals surface area contributed by atoms with Crippen molar-refractivity contribution in [3.05, 3.63) is 35.1 Å². The van der Waals surface area contributed by atoms with Crippen LogP contribution >= 0.6 is 11.3 Å². The molecular formula is C19H21FN6O5S. The van der Waals surface area contributed by atoms with Crippen molar-refractivity contribution in [1.82, 2.24) is 15.7 Å². The van der Waals surface area contributed by atoms with Gasteiger partial charge in [-0.1, -0.05) is 0 Å². The molecule has 2 aromatic rings. The standard InChI is InChI=1S/C19H21FN6O5S/c1-3-30-17(28)16-9-32-18(24-16)25-23-10-22-15-5-4-12(6-14(15)20)26-8-13(31-19(26)29)7-21-11(2)27/h4-6,9-10,13H,3,7-8H2,1-2H3,(H,21,27)(H,22,23)(H,24,25). The van der Waals surface area contributed by atoms with E-state index in [1.165, 1.54) is 47.7 Å². The van der Waals surface area contributed by atoms with Gasteiger partial charge in [0.2, 0.25) is 11.0 Å². The highest BCUT2D eigenvalue weighted by Crippen LogP contribution is 2.27. The van der Waals surface area contributed by atoms with Gasteiger partial charge in [0.05, 0.1) is 25.4 Å². The molecule has 0 saturated carbocycles. The van der Waals surface area contributed by atoms with Gasteiger partial charge in [0, 0.05) is 12.3 Å². The molecule has 170 valence electrons. The second-order valence-electron chi connectivity index (χ2n) is 6.48. The summed E-state index contributed by atoms with van der Waals surface area (Å²) < 4.78 is 24.5. The van der Waals surface area contributed by atoms with Gasteiger partial charge in [0.25, 0.3) is 0 Å². The number of thiazole rings is 1. The summed E-state index contributed by atoms with van der Waals surface area (Å²) in [6, 6.07) is 4.13. The number of cyclic esters (lactones) is 1. The average molecular weight is 464 g/mol. The summed E-state index contributed by atoms with van der Waals surface area (Å²) in [5.41, 5.74) is 5.89. The maximum atomic E-state index is 14.4. The van der Waals surface area contributed by atoms with Crippen LogP contribution in [0.1, 0.15) is 24.3 Å². The zero-order valence-electron chi connectivity index (χ0n) is 17.3. The monoisotopic (exact) mass is 464 g/mol. The van der Waals surface area contributed by atoms with E-state index in [4.69, 9.17) is 9.47 Å². The number of rotatable bonds is 9. The van der Waals surface area contributed by atoms with Crippen molar-refractivity contribution in [1.29, 1.82) is 0 Å². The van der Waals surface area contributed by atoms with Crippen LogP contribution in [0.4, 0.5) is 25.7 Å². The zero-order valence-corrected chi connectivity index (χ0v) is 18.1. The van der Waals surface area contributed by atoms with E-state index in [0.717, 1.165) is 0 Å². The lowest BCUT2D eigenvalue weighted by Gasteiger charge is -2.13. The number of nitrogens with zero attached hydrogens (tertiary/aromatic N) is 3. The third-order valence-corrected chi connectivity index (χ3v) is 4.89. The molecule has 3 rings (SSSR count). The van der Waals surface area contributed by atoms with Gasteiger partial charge in [0.15, 0.2) is 11.5 Å². The second-order valence-corrected chi connectivity index (χ2v) is 7.33. The molecule has 2 heterocycles. The van der Waals surface area contributed by atoms with E-state index in [0.29, 0.717) is 10.8 Å². The Hall–Kier alpha value is -3.74. The number of hydrogen-bond acceptors (Lipinski definition) is 9. The van der Waals surface area contributed by atoms with E-state index in [9.17, 15) is 18.8 Å². The SMILES string of the molecule is CCOC(=O)c1csc(NNC=Nc2ccc(N3CC(CNC(C)=O)OC3=O)cc2F)n1. The molecule has 1 aliphatic heterocycles. The Labute approximate surface area is 186 Å². The van der Waals surface area contributed by atoms with Gasteiger partial charge in [-0.3, -0.25) is 20.5 Å². The van der Waals surface area contributed by atoms with Crippen molar-refractivity contribution in [3.8, 4) is 0 Å². The third kappa shape index (κ3) is 5.91. The largest absolute Gasteiger partial charge is 0.461 e. The maximum absolute atomic E-state index is 14.4. The lowest BCUT2D eigenvalue weighted by atomic mass is 10.2. The minimum absolute atomic E-state index is 0.0387. The minimum Gasteiger partial charge on any atom is -0.461 e. The fourth-order valence-electron chi connectivity index (χ4n) is 2.69. The molecule has 1 unspecified atom stereocenters. The highest BCUT2D eigenvalue weighted by molar-refractivity contribution is 7.13. The Morgan fingerprint density at radius 1 is 1.47 bits per heavy atom. The molecule has 11 nitrogen and oxygen atoms in total. The van der Waals surface area contributed by atoms with Gasteiger partial charge in [-0.15, -0.1) is 11.3 Å². The molecule has 0 aliphatic carbocycles. The first kappa shape index (κ1) is 22.9. The summed E-state index contributed by atoms with van der Waals surface area (Å²) in [5, 5.41) is 4.52. The molecule has 3 N–H and O–H groups in total. The molecule has 1 atom stereocenters. The van der Waals surface area contributed by atoms with Gasteiger partial charge in [0.1, 0.15) is 18.1 Å². The van der Waals surface area contributed by atoms with E-state index >= 15 is 0 Å². The number of hydrogen-bond donors (Lipinski definition) is 3. The van der Waals surface area contributed by atoms with Crippen LogP contribution in [0.2, 0.25) is 0 Å². The first-order chi connectivity index (χ1) is 15.4. The Morgan fingerprint density at radius 2 is 2.28 bits per heavy atom. The van der Waals surface area contributed by atoms with Gasteiger partial charge in [-0.25, -0.2) is 24.0 Å². The van der Waals surface area contributed by atoms with Crippen LogP contribution < -0.4 is 21.1 Å². The van der Waals surface area contributed by atoms with Crippen LogP contribution in [-0.2, 0) is 14.3 Å². The predicted octanol–water partition coefficient (Wildman–Crippen LogP) is 2.20. The molecule has 1 aliphatic rings. The van der Waals surface area contributed by atoms with E-state index in [2.05, 4.69) is 26.1 Å². The normalized spacial score (nSPS) is 15.5. The molecule has 32 heavy (non-hydrogen) atoms. The molecule has 1 aromatic heterocycles. The van der Waals surface area contributed by atoms with Crippen molar-refractivity contribution in [2.24, 2.45) is 4.99 Å². The molecule has 1 fully saturated rings. The van der Waals surface area contributed by atoms with Gasteiger partial charge in [-0.05, 0) is 25.1 Å². The number of benzene rings is 1. The first-order valence-corrected chi connectivity index (χ1v) is 10.4. The fourth-order valence-corrected chi connectivity index (χ4v) is 3.33. The number of carbonyl (C=O) groups is 3. The summed E-state index contributed by atoms with van der Waals surface area (Å²) in [7, 11) is 0. The fraction of sp³-hybridized carbons (Fsp3) is 0.316. The van der Waals surface area contributed by atoms with Gasteiger partial charge in [-0.2, -0.15) is 0 Å². The van der Waals surface area contributed by atoms with E-state index in [1.807, 2.05) is 0 Å². The Morgan fingerprint density at radius 3 is 3.00 bits per heavy atom. The summed E-state index contributed by atoms with van der Waals surface area (Å²) in [6.07, 6.45) is 0.0852. The number of halogens is 1. The van der Waals surface area contributed by atoms with Crippen LogP contribution in [0.15, 0.2) is 28.6 Å². The molecule has 13 heteroatoms. The van der Waals surface area contributed by atoms with Crippen LogP contribution in [0.3, 0.4) is 0 Å². The smallest absolute Gasteiger partial charge is 0.414 e. The molecule has 0 bridgehead atoms. The Balaban J connectivity index is 1.54. The number of amides is 2. The van der Waals surface area contributed by atoms with Crippen LogP contribution in [0.25, 0.3) is 0 Å². The summed E-state index contributed by atoms with van der Waals surface area (Å²) in [4.78, 5) is 43.9. The van der Waals surface area contributed by atoms with E-state index in [-0.39, 0.29) is 37.0 Å². The molecule has 1 saturated heterocycles. The average Bonchev–Trinajstić information content (AvgIpc) is 3.37. The Bertz CT molecular complexity index is 1030. The van der Waals surface area contributed by atoms with Crippen molar-refractivity contribution < 1.29 is 28.2 Å². The molecule has 0 radical (unpaired) electrons. The van der Waals surface area contributed by atoms with Crippen LogP contribution in [-0.4, -0.2) is 55.1 Å². The van der Waals surface area contributed by atoms with Gasteiger partial charge < -0.3 is 14.8 Å². The second kappa shape index (κ2) is 10.5. The number of aliphatic imine (C=N–C) groups is 1. The van der Waals surface area contributed by atoms with Crippen molar-refractivity contribution in [2.75, 3.05) is 30.0 Å². The molecular weight excluding hydrogens is 443 g/mol. The zero-order chi connectivity index (χ0) is 23.1. The molecule has 1 aromatic carbocycles. The number of ether oxygens (including phenoxy) is 2. The van der Waals surface area contributed by atoms with E-state index in [1.54, 1.807) is 12.3 Å². The summed E-state index contributed by atoms with van der Waals surface area (Å²) in [6.45, 7) is 3.70. The quantitative estimate of drug-likeness (QED) is 0.223. The molecule has 0 spiro atoms. The number of hydrazine groups is 1. The molecule has 2 amide bonds. The third-order valence-electron chi connectivity index (χ3n) is 4.13. The highest BCUT2D eigenvalue weighted by atomic mass is 32.1. The maximum Gasteiger partial charge on any atom is 0.414 e. The summed E-state index contributed by atoms with van der Waals surface area (Å²) >= 11 is 1.18. The highest BCUT2D eigenvalue weighted by Gasteiger charge is 2.32. The van der Waals surface area contributed by atoms with Crippen molar-refractivity contribution >= 4 is 52.2 Å². The number of carbonyl (C=O) groups excluding carboxylic acids is 3. The topological polar surface area (TPSA) is 134 Å². The predicted molar refractivity (Wildman–Crippen MR) is 116 cm³/mol. The number of nitrogens with one attached hydrogen (secondary N) is 3. The van der Waals surface area contributed by atoms with Gasteiger partial charge >= 0.3 is 12.1 Å². The first-order valence-electron chi connectivity index (χ1n) is 9.56. The Kier molecular flexibility index (Phi) is 7.54. The number of esters is 1. The van der Waals surface area contributed by atoms with Crippen LogP contribution in [0.5, 0.6) is 0 Å². The van der Waals surface area contributed by atoms with Crippen molar-refractivity contribution in [2.45, 2.75) is 20.0 Å². The van der Waals surface area contributed by atoms with E-state index < -0.39 is 24.0 Å². The lowest BCUT2D eigenvalue weighted by Crippen LogP contribution is -2.33.